The smallest absolute Gasteiger partial charge is 0.176 e. The van der Waals surface area contributed by atoms with Crippen LogP contribution in [-0.4, -0.2) is 13.4 Å². The molecule has 0 fully saturated rings. The first kappa shape index (κ1) is 10.5. The molecule has 0 heterocycles. The van der Waals surface area contributed by atoms with Crippen LogP contribution in [0.4, 0.5) is 0 Å². The van der Waals surface area contributed by atoms with Crippen molar-refractivity contribution in [2.24, 2.45) is 10.7 Å². The molecule has 0 radical (unpaired) electrons. The third-order valence-corrected chi connectivity index (χ3v) is 1.81. The van der Waals surface area contributed by atoms with Crippen molar-refractivity contribution in [1.29, 1.82) is 0 Å². The van der Waals surface area contributed by atoms with Gasteiger partial charge in [0.1, 0.15) is 5.76 Å². The van der Waals surface area contributed by atoms with E-state index < -0.39 is 0 Å². The fourth-order valence-corrected chi connectivity index (χ4v) is 1.01. The molecule has 0 saturated heterocycles. The predicted octanol–water partition coefficient (Wildman–Crippen LogP) is 1.79. The molecule has 1 aromatic carbocycles. The van der Waals surface area contributed by atoms with Crippen LogP contribution < -0.4 is 5.73 Å². The maximum atomic E-state index is 5.48. The second kappa shape index (κ2) is 5.19. The second-order valence-corrected chi connectivity index (χ2v) is 2.81. The molecule has 0 aromatic heterocycles. The van der Waals surface area contributed by atoms with E-state index in [2.05, 4.69) is 11.6 Å². The van der Waals surface area contributed by atoms with Crippen LogP contribution in [-0.2, 0) is 11.3 Å². The first-order chi connectivity index (χ1) is 6.77. The maximum Gasteiger partial charge on any atom is 0.176 e. The Morgan fingerprint density at radius 2 is 2.14 bits per heavy atom. The number of ether oxygens (including phenoxy) is 1. The van der Waals surface area contributed by atoms with Gasteiger partial charge in [-0.1, -0.05) is 30.8 Å². The van der Waals surface area contributed by atoms with E-state index in [0.717, 1.165) is 11.1 Å². The van der Waals surface area contributed by atoms with E-state index in [4.69, 9.17) is 10.5 Å². The Kier molecular flexibility index (Phi) is 3.88. The fraction of sp³-hybridized carbons (Fsp3) is 0.182. The minimum Gasteiger partial charge on any atom is -0.446 e. The van der Waals surface area contributed by atoms with Crippen LogP contribution in [0.25, 0.3) is 5.76 Å². The molecule has 3 heteroatoms. The van der Waals surface area contributed by atoms with Crippen molar-refractivity contribution < 1.29 is 4.74 Å². The number of rotatable bonds is 4. The standard InChI is InChI=1S/C11H14N2O/c1-9(14-8-13-2)11-5-3-10(7-12)4-6-11/h3-6,8H,1,7,12H2,2H3. The van der Waals surface area contributed by atoms with E-state index in [1.54, 1.807) is 7.05 Å². The van der Waals surface area contributed by atoms with E-state index in [0.29, 0.717) is 12.3 Å². The average Bonchev–Trinajstić information content (AvgIpc) is 2.26. The van der Waals surface area contributed by atoms with Gasteiger partial charge in [0.15, 0.2) is 6.40 Å². The lowest BCUT2D eigenvalue weighted by Gasteiger charge is -2.04. The van der Waals surface area contributed by atoms with Crippen molar-refractivity contribution in [1.82, 2.24) is 0 Å². The first-order valence-electron chi connectivity index (χ1n) is 4.33. The summed E-state index contributed by atoms with van der Waals surface area (Å²) in [6, 6.07) is 7.75. The molecule has 1 rings (SSSR count). The molecule has 0 atom stereocenters. The minimum absolute atomic E-state index is 0.546. The van der Waals surface area contributed by atoms with Gasteiger partial charge in [-0.05, 0) is 5.56 Å². The molecule has 2 N–H and O–H groups in total. The normalized spacial score (nSPS) is 10.4. The molecular formula is C11H14N2O. The van der Waals surface area contributed by atoms with Gasteiger partial charge in [0, 0.05) is 19.2 Å². The van der Waals surface area contributed by atoms with Gasteiger partial charge in [-0.25, -0.2) is 0 Å². The van der Waals surface area contributed by atoms with Crippen molar-refractivity contribution in [3.8, 4) is 0 Å². The molecule has 0 aliphatic rings. The molecular weight excluding hydrogens is 176 g/mol. The molecule has 0 aliphatic heterocycles. The summed E-state index contributed by atoms with van der Waals surface area (Å²) in [5.74, 6) is 0.583. The van der Waals surface area contributed by atoms with Gasteiger partial charge in [-0.15, -0.1) is 0 Å². The number of nitrogens with zero attached hydrogens (tertiary/aromatic N) is 1. The molecule has 74 valence electrons. The lowest BCUT2D eigenvalue weighted by atomic mass is 10.1. The number of benzene rings is 1. The molecule has 1 aromatic rings. The number of nitrogens with two attached hydrogens (primary N) is 1. The zero-order chi connectivity index (χ0) is 10.4. The van der Waals surface area contributed by atoms with Crippen molar-refractivity contribution in [3.05, 3.63) is 42.0 Å². The molecule has 0 unspecified atom stereocenters. The van der Waals surface area contributed by atoms with E-state index >= 15 is 0 Å². The lowest BCUT2D eigenvalue weighted by Crippen LogP contribution is -1.96. The summed E-state index contributed by atoms with van der Waals surface area (Å²) in [7, 11) is 1.64. The van der Waals surface area contributed by atoms with Gasteiger partial charge in [0.25, 0.3) is 0 Å². The molecule has 0 amide bonds. The Labute approximate surface area is 83.9 Å². The summed E-state index contributed by atoms with van der Waals surface area (Å²) < 4.78 is 5.13. The maximum absolute atomic E-state index is 5.48. The van der Waals surface area contributed by atoms with Gasteiger partial charge in [-0.2, -0.15) is 0 Å². The highest BCUT2D eigenvalue weighted by Crippen LogP contribution is 2.13. The van der Waals surface area contributed by atoms with E-state index in [1.165, 1.54) is 6.40 Å². The Hall–Kier alpha value is -1.61. The first-order valence-corrected chi connectivity index (χ1v) is 4.33. The van der Waals surface area contributed by atoms with Crippen LogP contribution in [0.3, 0.4) is 0 Å². The highest BCUT2D eigenvalue weighted by Gasteiger charge is 1.98. The molecule has 0 spiro atoms. The van der Waals surface area contributed by atoms with E-state index in [-0.39, 0.29) is 0 Å². The van der Waals surface area contributed by atoms with E-state index in [1.807, 2.05) is 24.3 Å². The van der Waals surface area contributed by atoms with Gasteiger partial charge >= 0.3 is 0 Å². The van der Waals surface area contributed by atoms with Crippen LogP contribution in [0.15, 0.2) is 35.8 Å². The highest BCUT2D eigenvalue weighted by molar-refractivity contribution is 5.66. The van der Waals surface area contributed by atoms with Crippen LogP contribution >= 0.6 is 0 Å². The van der Waals surface area contributed by atoms with Crippen molar-refractivity contribution >= 4 is 12.2 Å². The van der Waals surface area contributed by atoms with Crippen LogP contribution in [0.2, 0.25) is 0 Å². The van der Waals surface area contributed by atoms with Crippen molar-refractivity contribution in [3.63, 3.8) is 0 Å². The summed E-state index contributed by atoms with van der Waals surface area (Å²) >= 11 is 0. The van der Waals surface area contributed by atoms with Crippen LogP contribution in [0, 0.1) is 0 Å². The summed E-state index contributed by atoms with van der Waals surface area (Å²) in [5, 5.41) is 0. The fourth-order valence-electron chi connectivity index (χ4n) is 1.01. The van der Waals surface area contributed by atoms with Gasteiger partial charge in [-0.3, -0.25) is 4.99 Å². The second-order valence-electron chi connectivity index (χ2n) is 2.81. The zero-order valence-corrected chi connectivity index (χ0v) is 8.23. The largest absolute Gasteiger partial charge is 0.446 e. The third-order valence-electron chi connectivity index (χ3n) is 1.81. The topological polar surface area (TPSA) is 47.6 Å². The van der Waals surface area contributed by atoms with Gasteiger partial charge in [0.2, 0.25) is 0 Å². The van der Waals surface area contributed by atoms with Crippen LogP contribution in [0.1, 0.15) is 11.1 Å². The Bertz CT molecular complexity index is 328. The Balaban J connectivity index is 2.71. The van der Waals surface area contributed by atoms with Crippen molar-refractivity contribution in [2.75, 3.05) is 7.05 Å². The lowest BCUT2D eigenvalue weighted by molar-refractivity contribution is 0.531. The quantitative estimate of drug-likeness (QED) is 0.447. The average molecular weight is 190 g/mol. The van der Waals surface area contributed by atoms with Crippen molar-refractivity contribution in [2.45, 2.75) is 6.54 Å². The number of aliphatic imine (C=N–C) groups is 1. The zero-order valence-electron chi connectivity index (χ0n) is 8.23. The number of hydrogen-bond acceptors (Lipinski definition) is 3. The molecule has 14 heavy (non-hydrogen) atoms. The summed E-state index contributed by atoms with van der Waals surface area (Å²) in [5.41, 5.74) is 7.50. The van der Waals surface area contributed by atoms with Gasteiger partial charge < -0.3 is 10.5 Å². The molecule has 0 bridgehead atoms. The molecule has 0 saturated carbocycles. The summed E-state index contributed by atoms with van der Waals surface area (Å²) in [4.78, 5) is 3.71. The predicted molar refractivity (Wildman–Crippen MR) is 58.9 cm³/mol. The van der Waals surface area contributed by atoms with E-state index in [9.17, 15) is 0 Å². The third kappa shape index (κ3) is 2.71. The number of hydrogen-bond donors (Lipinski definition) is 1. The molecule has 0 aliphatic carbocycles. The Morgan fingerprint density at radius 1 is 1.50 bits per heavy atom. The van der Waals surface area contributed by atoms with Crippen LogP contribution in [0.5, 0.6) is 0 Å². The SMILES string of the molecule is C=C(OC=NC)c1ccc(CN)cc1. The Morgan fingerprint density at radius 3 is 2.64 bits per heavy atom. The molecule has 3 nitrogen and oxygen atoms in total. The highest BCUT2D eigenvalue weighted by atomic mass is 16.5. The van der Waals surface area contributed by atoms with Gasteiger partial charge in [0.05, 0.1) is 0 Å². The summed E-state index contributed by atoms with van der Waals surface area (Å²) in [6.45, 7) is 4.32. The monoisotopic (exact) mass is 190 g/mol. The summed E-state index contributed by atoms with van der Waals surface area (Å²) in [6.07, 6.45) is 1.36. The minimum atomic E-state index is 0.546.